The Morgan fingerprint density at radius 2 is 1.93 bits per heavy atom. The van der Waals surface area contributed by atoms with Crippen LogP contribution in [0.25, 0.3) is 0 Å². The summed E-state index contributed by atoms with van der Waals surface area (Å²) in [5.74, 6) is 2.17. The van der Waals surface area contributed by atoms with Gasteiger partial charge in [0.25, 0.3) is 0 Å². The minimum Gasteiger partial charge on any atom is -0.492 e. The third-order valence-electron chi connectivity index (χ3n) is 5.63. The van der Waals surface area contributed by atoms with Crippen molar-refractivity contribution in [2.24, 2.45) is 0 Å². The standard InChI is InChI=1S/C20H29N5OS/c1-2-26-18-9-6-5-8-17(18)23-14-12-22(13-15-23)16-25-20(27)24-11-7-3-4-10-19(24)21-25/h5-6,8-9H,2-4,7,10-16H2,1H3/p+1. The average molecular weight is 389 g/mol. The van der Waals surface area contributed by atoms with Crippen molar-refractivity contribution in [3.05, 3.63) is 34.9 Å². The summed E-state index contributed by atoms with van der Waals surface area (Å²) in [6, 6.07) is 8.36. The molecule has 0 radical (unpaired) electrons. The van der Waals surface area contributed by atoms with E-state index in [2.05, 4.69) is 32.3 Å². The van der Waals surface area contributed by atoms with Crippen molar-refractivity contribution in [1.29, 1.82) is 0 Å². The minimum absolute atomic E-state index is 0.700. The van der Waals surface area contributed by atoms with E-state index >= 15 is 0 Å². The van der Waals surface area contributed by atoms with Gasteiger partial charge in [0, 0.05) is 13.0 Å². The van der Waals surface area contributed by atoms with Gasteiger partial charge in [-0.2, -0.15) is 9.78 Å². The number of quaternary nitrogens is 1. The van der Waals surface area contributed by atoms with E-state index in [1.165, 1.54) is 30.8 Å². The normalized spacial score (nSPS) is 18.2. The first-order valence-electron chi connectivity index (χ1n) is 10.2. The molecule has 2 aliphatic heterocycles. The molecule has 6 nitrogen and oxygen atoms in total. The summed E-state index contributed by atoms with van der Waals surface area (Å²) in [4.78, 5) is 3.99. The van der Waals surface area contributed by atoms with Crippen molar-refractivity contribution in [3.63, 3.8) is 0 Å². The number of aryl methyl sites for hydroxylation is 1. The van der Waals surface area contributed by atoms with Crippen LogP contribution in [-0.4, -0.2) is 47.1 Å². The highest BCUT2D eigenvalue weighted by molar-refractivity contribution is 7.71. The lowest BCUT2D eigenvalue weighted by molar-refractivity contribution is -0.924. The number of piperazine rings is 1. The van der Waals surface area contributed by atoms with Crippen molar-refractivity contribution in [2.45, 2.75) is 45.8 Å². The van der Waals surface area contributed by atoms with Gasteiger partial charge in [-0.1, -0.05) is 18.6 Å². The molecule has 3 heterocycles. The van der Waals surface area contributed by atoms with E-state index in [0.717, 1.165) is 56.3 Å². The van der Waals surface area contributed by atoms with Crippen molar-refractivity contribution >= 4 is 17.9 Å². The van der Waals surface area contributed by atoms with Gasteiger partial charge < -0.3 is 19.1 Å². The molecule has 27 heavy (non-hydrogen) atoms. The summed E-state index contributed by atoms with van der Waals surface area (Å²) >= 11 is 5.71. The topological polar surface area (TPSA) is 39.7 Å². The number of nitrogens with zero attached hydrogens (tertiary/aromatic N) is 4. The van der Waals surface area contributed by atoms with Gasteiger partial charge in [-0.15, -0.1) is 0 Å². The fourth-order valence-electron chi connectivity index (χ4n) is 4.16. The van der Waals surface area contributed by atoms with Crippen LogP contribution >= 0.6 is 12.2 Å². The van der Waals surface area contributed by atoms with Gasteiger partial charge in [0.15, 0.2) is 6.67 Å². The van der Waals surface area contributed by atoms with Crippen LogP contribution in [0.15, 0.2) is 24.3 Å². The number of ether oxygens (including phenoxy) is 1. The number of nitrogens with one attached hydrogen (secondary N) is 1. The molecule has 0 atom stereocenters. The maximum Gasteiger partial charge on any atom is 0.202 e. The third kappa shape index (κ3) is 4.04. The number of rotatable bonds is 5. The molecule has 1 aromatic heterocycles. The number of benzene rings is 1. The number of hydrogen-bond acceptors (Lipinski definition) is 4. The van der Waals surface area contributed by atoms with Crippen LogP contribution in [0.4, 0.5) is 5.69 Å². The summed E-state index contributed by atoms with van der Waals surface area (Å²) in [6.07, 6.45) is 4.80. The zero-order valence-corrected chi connectivity index (χ0v) is 17.0. The van der Waals surface area contributed by atoms with E-state index in [0.29, 0.717) is 6.61 Å². The first kappa shape index (κ1) is 18.5. The highest BCUT2D eigenvalue weighted by Crippen LogP contribution is 2.27. The molecule has 0 amide bonds. The Balaban J connectivity index is 1.40. The molecule has 4 rings (SSSR count). The Morgan fingerprint density at radius 3 is 2.74 bits per heavy atom. The number of para-hydroxylation sites is 2. The van der Waals surface area contributed by atoms with Crippen molar-refractivity contribution < 1.29 is 9.64 Å². The quantitative estimate of drug-likeness (QED) is 0.795. The molecule has 0 aliphatic carbocycles. The van der Waals surface area contributed by atoms with Crippen LogP contribution in [0.3, 0.4) is 0 Å². The Kier molecular flexibility index (Phi) is 5.78. The Labute approximate surface area is 166 Å². The van der Waals surface area contributed by atoms with Crippen LogP contribution in [-0.2, 0) is 19.6 Å². The summed E-state index contributed by atoms with van der Waals surface area (Å²) in [7, 11) is 0. The van der Waals surface area contributed by atoms with E-state index in [-0.39, 0.29) is 0 Å². The highest BCUT2D eigenvalue weighted by atomic mass is 32.1. The Hall–Kier alpha value is -1.86. The lowest BCUT2D eigenvalue weighted by atomic mass is 10.2. The van der Waals surface area contributed by atoms with Gasteiger partial charge in [0.1, 0.15) is 11.6 Å². The van der Waals surface area contributed by atoms with Crippen LogP contribution in [0.2, 0.25) is 0 Å². The van der Waals surface area contributed by atoms with E-state index in [1.807, 2.05) is 13.0 Å². The SMILES string of the molecule is CCOc1ccccc1N1CC[NH+](Cn2nc3n(c2=S)CCCCC3)CC1. The van der Waals surface area contributed by atoms with Crippen LogP contribution in [0.5, 0.6) is 5.75 Å². The van der Waals surface area contributed by atoms with Crippen molar-refractivity contribution in [1.82, 2.24) is 14.3 Å². The van der Waals surface area contributed by atoms with E-state index in [1.54, 1.807) is 4.90 Å². The van der Waals surface area contributed by atoms with Crippen LogP contribution in [0.1, 0.15) is 32.0 Å². The van der Waals surface area contributed by atoms with Crippen LogP contribution in [0, 0.1) is 4.77 Å². The lowest BCUT2D eigenvalue weighted by Gasteiger charge is -2.34. The molecule has 1 fully saturated rings. The number of fused-ring (bicyclic) bond motifs is 1. The molecule has 1 saturated heterocycles. The molecule has 1 N–H and O–H groups in total. The number of hydrogen-bond donors (Lipinski definition) is 1. The molecule has 7 heteroatoms. The minimum atomic E-state index is 0.700. The zero-order valence-electron chi connectivity index (χ0n) is 16.2. The number of anilines is 1. The Morgan fingerprint density at radius 1 is 1.11 bits per heavy atom. The van der Waals surface area contributed by atoms with E-state index < -0.39 is 0 Å². The molecule has 0 bridgehead atoms. The maximum absolute atomic E-state index is 5.81. The van der Waals surface area contributed by atoms with Gasteiger partial charge in [-0.25, -0.2) is 0 Å². The predicted octanol–water partition coefficient (Wildman–Crippen LogP) is 1.90. The zero-order chi connectivity index (χ0) is 18.6. The molecule has 0 unspecified atom stereocenters. The monoisotopic (exact) mass is 388 g/mol. The summed E-state index contributed by atoms with van der Waals surface area (Å²) < 4.78 is 11.0. The van der Waals surface area contributed by atoms with Gasteiger partial charge in [0.2, 0.25) is 4.77 Å². The lowest BCUT2D eigenvalue weighted by Crippen LogP contribution is -3.14. The molecule has 146 valence electrons. The van der Waals surface area contributed by atoms with Crippen molar-refractivity contribution in [3.8, 4) is 5.75 Å². The second kappa shape index (κ2) is 8.44. The highest BCUT2D eigenvalue weighted by Gasteiger charge is 2.24. The molecule has 0 saturated carbocycles. The van der Waals surface area contributed by atoms with E-state index in [9.17, 15) is 0 Å². The van der Waals surface area contributed by atoms with Gasteiger partial charge in [0.05, 0.1) is 38.5 Å². The molecular formula is C20H30N5OS+. The van der Waals surface area contributed by atoms with Gasteiger partial charge >= 0.3 is 0 Å². The Bertz CT molecular complexity index is 822. The van der Waals surface area contributed by atoms with Gasteiger partial charge in [-0.05, 0) is 44.1 Å². The number of aromatic nitrogens is 3. The first-order valence-corrected chi connectivity index (χ1v) is 10.6. The molecule has 2 aromatic rings. The predicted molar refractivity (Wildman–Crippen MR) is 109 cm³/mol. The smallest absolute Gasteiger partial charge is 0.202 e. The summed E-state index contributed by atoms with van der Waals surface area (Å²) in [5, 5.41) is 4.84. The second-order valence-electron chi connectivity index (χ2n) is 7.46. The molecule has 1 aromatic carbocycles. The maximum atomic E-state index is 5.81. The molecule has 0 spiro atoms. The molecule has 2 aliphatic rings. The van der Waals surface area contributed by atoms with E-state index in [4.69, 9.17) is 22.1 Å². The van der Waals surface area contributed by atoms with Crippen molar-refractivity contribution in [2.75, 3.05) is 37.7 Å². The molecular weight excluding hydrogens is 358 g/mol. The fraction of sp³-hybridized carbons (Fsp3) is 0.600. The first-order chi connectivity index (χ1) is 13.3. The average Bonchev–Trinajstić information content (AvgIpc) is 2.86. The largest absolute Gasteiger partial charge is 0.492 e. The second-order valence-corrected chi connectivity index (χ2v) is 7.82. The summed E-state index contributed by atoms with van der Waals surface area (Å²) in [5.41, 5.74) is 1.21. The third-order valence-corrected chi connectivity index (χ3v) is 6.06. The summed E-state index contributed by atoms with van der Waals surface area (Å²) in [6.45, 7) is 8.88. The fourth-order valence-corrected chi connectivity index (χ4v) is 4.46. The van der Waals surface area contributed by atoms with Gasteiger partial charge in [-0.3, -0.25) is 0 Å². The van der Waals surface area contributed by atoms with Crippen LogP contribution < -0.4 is 14.5 Å².